The van der Waals surface area contributed by atoms with Crippen LogP contribution in [0.1, 0.15) is 362 Å². The van der Waals surface area contributed by atoms with Crippen molar-refractivity contribution in [2.75, 3.05) is 39.6 Å². The van der Waals surface area contributed by atoms with E-state index in [1.807, 2.05) is 12.2 Å². The van der Waals surface area contributed by atoms with Crippen LogP contribution in [0.5, 0.6) is 0 Å². The number of unbranched alkanes of at least 4 members (excludes halogenated alkanes) is 38. The van der Waals surface area contributed by atoms with E-state index in [4.69, 9.17) is 37.0 Å². The average Bonchev–Trinajstić information content (AvgIpc) is 1.06. The van der Waals surface area contributed by atoms with Crippen LogP contribution in [0.2, 0.25) is 0 Å². The van der Waals surface area contributed by atoms with Crippen LogP contribution < -0.4 is 0 Å². The van der Waals surface area contributed by atoms with Gasteiger partial charge in [0.05, 0.1) is 26.4 Å². The van der Waals surface area contributed by atoms with Crippen LogP contribution in [-0.4, -0.2) is 96.7 Å². The number of ether oxygens (including phenoxy) is 4. The average molecular weight is 1450 g/mol. The van der Waals surface area contributed by atoms with Gasteiger partial charge in [-0.25, -0.2) is 9.13 Å². The molecule has 0 fully saturated rings. The van der Waals surface area contributed by atoms with Crippen LogP contribution in [-0.2, 0) is 65.4 Å². The van der Waals surface area contributed by atoms with Gasteiger partial charge in [-0.05, 0) is 116 Å². The molecule has 2 unspecified atom stereocenters. The molecule has 0 aromatic carbocycles. The molecule has 0 spiro atoms. The smallest absolute Gasteiger partial charge is 0.462 e. The first kappa shape index (κ1) is 96.5. The second-order valence-electron chi connectivity index (χ2n) is 27.0. The molecular formula is C81H146O17P2. The van der Waals surface area contributed by atoms with Crippen molar-refractivity contribution < 1.29 is 80.2 Å². The fraction of sp³-hybridized carbons (Fsp3) is 0.802. The zero-order chi connectivity index (χ0) is 73.2. The Morgan fingerprint density at radius 3 is 0.820 bits per heavy atom. The van der Waals surface area contributed by atoms with E-state index in [2.05, 4.69) is 88.5 Å². The number of hydrogen-bond acceptors (Lipinski definition) is 15. The lowest BCUT2D eigenvalue weighted by Crippen LogP contribution is -2.30. The first-order valence-corrected chi connectivity index (χ1v) is 43.2. The number of aliphatic hydroxyl groups is 1. The van der Waals surface area contributed by atoms with E-state index >= 15 is 0 Å². The minimum atomic E-state index is -4.98. The first-order valence-electron chi connectivity index (χ1n) is 40.2. The van der Waals surface area contributed by atoms with E-state index < -0.39 is 97.5 Å². The number of phosphoric ester groups is 2. The lowest BCUT2D eigenvalue weighted by atomic mass is 10.0. The predicted molar refractivity (Wildman–Crippen MR) is 409 cm³/mol. The van der Waals surface area contributed by atoms with Gasteiger partial charge < -0.3 is 33.8 Å². The topological polar surface area (TPSA) is 237 Å². The number of esters is 4. The summed E-state index contributed by atoms with van der Waals surface area (Å²) in [7, 11) is -9.96. The molecule has 100 heavy (non-hydrogen) atoms. The van der Waals surface area contributed by atoms with Gasteiger partial charge in [-0.1, -0.05) is 293 Å². The van der Waals surface area contributed by atoms with Crippen molar-refractivity contribution in [3.05, 3.63) is 72.9 Å². The summed E-state index contributed by atoms with van der Waals surface area (Å²) in [6, 6.07) is 0. The van der Waals surface area contributed by atoms with E-state index in [1.165, 1.54) is 148 Å². The highest BCUT2D eigenvalue weighted by molar-refractivity contribution is 7.47. The maximum Gasteiger partial charge on any atom is 0.472 e. The molecule has 0 saturated heterocycles. The van der Waals surface area contributed by atoms with Gasteiger partial charge in [0.2, 0.25) is 0 Å². The summed E-state index contributed by atoms with van der Waals surface area (Å²) in [4.78, 5) is 72.9. The fourth-order valence-corrected chi connectivity index (χ4v) is 12.5. The Balaban J connectivity index is 5.38. The number of aliphatic hydroxyl groups excluding tert-OH is 1. The van der Waals surface area contributed by atoms with Crippen molar-refractivity contribution >= 4 is 39.5 Å². The summed E-state index contributed by atoms with van der Waals surface area (Å²) in [5, 5.41) is 10.6. The van der Waals surface area contributed by atoms with Crippen molar-refractivity contribution in [2.45, 2.75) is 380 Å². The molecule has 0 heterocycles. The Morgan fingerprint density at radius 1 is 0.280 bits per heavy atom. The van der Waals surface area contributed by atoms with Crippen LogP contribution in [0.15, 0.2) is 72.9 Å². The van der Waals surface area contributed by atoms with Crippen LogP contribution in [0.25, 0.3) is 0 Å². The van der Waals surface area contributed by atoms with Crippen LogP contribution in [0, 0.1) is 0 Å². The van der Waals surface area contributed by atoms with Crippen molar-refractivity contribution in [2.24, 2.45) is 0 Å². The Bertz CT molecular complexity index is 2180. The van der Waals surface area contributed by atoms with Gasteiger partial charge in [0.15, 0.2) is 12.2 Å². The maximum atomic E-state index is 13.1. The normalized spacial score (nSPS) is 14.3. The van der Waals surface area contributed by atoms with E-state index in [9.17, 15) is 43.2 Å². The highest BCUT2D eigenvalue weighted by Gasteiger charge is 2.30. The molecule has 0 aliphatic heterocycles. The first-order chi connectivity index (χ1) is 48.7. The molecule has 3 N–H and O–H groups in total. The molecule has 0 aliphatic rings. The Hall–Kier alpha value is -3.50. The van der Waals surface area contributed by atoms with E-state index in [1.54, 1.807) is 0 Å². The molecule has 5 atom stereocenters. The molecular weight excluding hydrogens is 1310 g/mol. The van der Waals surface area contributed by atoms with Crippen molar-refractivity contribution in [1.29, 1.82) is 0 Å². The molecule has 0 amide bonds. The highest BCUT2D eigenvalue weighted by atomic mass is 31.2. The SMILES string of the molecule is CCCCC/C=C\C/C=C\C/C=C\C/C=C\CCCC(=O)OC[C@H](COP(=O)(O)OC[C@H](O)COP(=O)(O)OC[C@@H](COC(=O)CCCCCCC/C=C\CCCCCCCC)OC(=O)CCCCCCCCCCCCCCC)OC(=O)CCCCCCC/C=C\CCCCCCCC. The second kappa shape index (κ2) is 73.8. The van der Waals surface area contributed by atoms with E-state index in [-0.39, 0.29) is 25.7 Å². The summed E-state index contributed by atoms with van der Waals surface area (Å²) in [6.07, 6.45) is 74.5. The van der Waals surface area contributed by atoms with E-state index in [0.717, 1.165) is 128 Å². The molecule has 19 heteroatoms. The molecule has 0 radical (unpaired) electrons. The predicted octanol–water partition coefficient (Wildman–Crippen LogP) is 23.2. The summed E-state index contributed by atoms with van der Waals surface area (Å²) in [6.45, 7) is 4.82. The number of allylic oxidation sites excluding steroid dienone is 12. The highest BCUT2D eigenvalue weighted by Crippen LogP contribution is 2.45. The van der Waals surface area contributed by atoms with Crippen molar-refractivity contribution in [3.8, 4) is 0 Å². The number of phosphoric acid groups is 2. The van der Waals surface area contributed by atoms with Crippen molar-refractivity contribution in [3.63, 3.8) is 0 Å². The third-order valence-electron chi connectivity index (χ3n) is 17.1. The maximum absolute atomic E-state index is 13.1. The quantitative estimate of drug-likeness (QED) is 0.0169. The van der Waals surface area contributed by atoms with Crippen LogP contribution >= 0.6 is 15.6 Å². The number of rotatable bonds is 76. The summed E-state index contributed by atoms with van der Waals surface area (Å²) >= 11 is 0. The molecule has 17 nitrogen and oxygen atoms in total. The third kappa shape index (κ3) is 72.8. The summed E-state index contributed by atoms with van der Waals surface area (Å²) in [5.41, 5.74) is 0. The monoisotopic (exact) mass is 1450 g/mol. The van der Waals surface area contributed by atoms with Gasteiger partial charge in [-0.3, -0.25) is 37.3 Å². The molecule has 0 bridgehead atoms. The number of carbonyl (C=O) groups is 4. The van der Waals surface area contributed by atoms with E-state index in [0.29, 0.717) is 32.1 Å². The third-order valence-corrected chi connectivity index (χ3v) is 19.0. The molecule has 582 valence electrons. The second-order valence-corrected chi connectivity index (χ2v) is 29.9. The van der Waals surface area contributed by atoms with Crippen LogP contribution in [0.4, 0.5) is 0 Å². The van der Waals surface area contributed by atoms with Gasteiger partial charge in [0.1, 0.15) is 19.3 Å². The number of carbonyl (C=O) groups excluding carboxylic acids is 4. The van der Waals surface area contributed by atoms with Gasteiger partial charge in [-0.2, -0.15) is 0 Å². The van der Waals surface area contributed by atoms with Gasteiger partial charge in [0.25, 0.3) is 0 Å². The molecule has 0 aromatic heterocycles. The molecule has 0 aliphatic carbocycles. The Morgan fingerprint density at radius 2 is 0.500 bits per heavy atom. The summed E-state index contributed by atoms with van der Waals surface area (Å²) in [5.74, 6) is -2.23. The van der Waals surface area contributed by atoms with Gasteiger partial charge >= 0.3 is 39.5 Å². The Kier molecular flexibility index (Phi) is 71.2. The lowest BCUT2D eigenvalue weighted by molar-refractivity contribution is -0.161. The zero-order valence-corrected chi connectivity index (χ0v) is 65.4. The molecule has 0 aromatic rings. The molecule has 0 saturated carbocycles. The fourth-order valence-electron chi connectivity index (χ4n) is 11.0. The number of hydrogen-bond donors (Lipinski definition) is 3. The van der Waals surface area contributed by atoms with Gasteiger partial charge in [-0.15, -0.1) is 0 Å². The van der Waals surface area contributed by atoms with Crippen LogP contribution in [0.3, 0.4) is 0 Å². The van der Waals surface area contributed by atoms with Gasteiger partial charge in [0, 0.05) is 25.7 Å². The minimum absolute atomic E-state index is 0.0760. The minimum Gasteiger partial charge on any atom is -0.462 e. The molecule has 0 rings (SSSR count). The zero-order valence-electron chi connectivity index (χ0n) is 63.6. The standard InChI is InChI=1S/C81H146O17P2/c1-5-9-13-17-21-25-29-33-36-37-40-43-46-50-54-58-62-66-79(84)92-72-77(98-81(86)68-64-60-56-52-48-44-39-35-31-27-23-19-15-11-7-3)74-96-100(89,90)94-70-75(82)69-93-99(87,88)95-73-76(97-80(85)67-63-59-55-51-47-41-32-28-24-20-16-12-8-4)71-91-78(83)65-61-57-53-49-45-42-38-34-30-26-22-18-14-10-6-2/h21,25,33-36,38-40,43,50,54,75-77,82H,5-20,22-24,26-32,37,41-42,44-49,51-53,55-74H2,1-4H3,(H,87,88)(H,89,90)/b25-21-,36-33-,38-34-,39-35-,43-40-,54-50-/t75-,76-,77-/m1/s1. The lowest BCUT2D eigenvalue weighted by Gasteiger charge is -2.21. The Labute approximate surface area is 609 Å². The van der Waals surface area contributed by atoms with Crippen molar-refractivity contribution in [1.82, 2.24) is 0 Å². The summed E-state index contributed by atoms with van der Waals surface area (Å²) < 4.78 is 68.5. The largest absolute Gasteiger partial charge is 0.472 e.